The van der Waals surface area contributed by atoms with E-state index in [2.05, 4.69) is 139 Å². The fourth-order valence-electron chi connectivity index (χ4n) is 8.82. The molecule has 2 heterocycles. The zero-order chi connectivity index (χ0) is 40.5. The lowest BCUT2D eigenvalue weighted by Crippen LogP contribution is -2.72. The van der Waals surface area contributed by atoms with Gasteiger partial charge in [-0.15, -0.1) is 0 Å². The maximum atomic E-state index is 13.9. The fourth-order valence-corrected chi connectivity index (χ4v) is 18.2. The Labute approximate surface area is 340 Å². The van der Waals surface area contributed by atoms with Crippen molar-refractivity contribution < 1.29 is 32.6 Å². The number of esters is 1. The molecule has 0 N–H and O–H groups in total. The highest BCUT2D eigenvalue weighted by atomic mass is 28.4. The highest BCUT2D eigenvalue weighted by molar-refractivity contribution is 7.00. The van der Waals surface area contributed by atoms with Gasteiger partial charge in [0.05, 0.1) is 12.2 Å². The highest BCUT2D eigenvalue weighted by Gasteiger charge is 2.67. The fraction of sp³-hybridized carbons (Fsp3) is 0.354. The van der Waals surface area contributed by atoms with E-state index in [4.69, 9.17) is 27.8 Å². The van der Waals surface area contributed by atoms with E-state index in [0.717, 1.165) is 20.7 Å². The summed E-state index contributed by atoms with van der Waals surface area (Å²) < 4.78 is 42.6. The maximum Gasteiger partial charge on any atom is 0.338 e. The van der Waals surface area contributed by atoms with Crippen molar-refractivity contribution in [3.05, 3.63) is 157 Å². The average Bonchev–Trinajstić information content (AvgIpc) is 3.64. The molecule has 4 atom stereocenters. The minimum atomic E-state index is -3.27. The summed E-state index contributed by atoms with van der Waals surface area (Å²) in [5, 5.41) is 3.73. The summed E-state index contributed by atoms with van der Waals surface area (Å²) in [5.41, 5.74) is -0.923. The average molecular weight is 801 g/mol. The number of carbonyl (C=O) groups excluding carboxylic acids is 1. The van der Waals surface area contributed by atoms with Gasteiger partial charge >= 0.3 is 5.97 Å². The number of rotatable bonds is 12. The Bertz CT molecular complexity index is 2010. The summed E-state index contributed by atoms with van der Waals surface area (Å²) in [4.78, 5) is 13.9. The van der Waals surface area contributed by atoms with E-state index in [1.54, 1.807) is 12.1 Å². The largest absolute Gasteiger partial charge is 0.459 e. The van der Waals surface area contributed by atoms with Crippen molar-refractivity contribution in [1.29, 1.82) is 0 Å². The zero-order valence-corrected chi connectivity index (χ0v) is 36.4. The van der Waals surface area contributed by atoms with Crippen molar-refractivity contribution in [3.8, 4) is 0 Å². The molecule has 0 aliphatic carbocycles. The van der Waals surface area contributed by atoms with Crippen LogP contribution in [0.1, 0.15) is 65.7 Å². The summed E-state index contributed by atoms with van der Waals surface area (Å²) in [6, 6.07) is 51.1. The summed E-state index contributed by atoms with van der Waals surface area (Å²) in [6.07, 6.45) is -2.28. The van der Waals surface area contributed by atoms with Crippen LogP contribution in [0.3, 0.4) is 0 Å². The van der Waals surface area contributed by atoms with Crippen molar-refractivity contribution in [3.63, 3.8) is 0 Å². The molecule has 7 rings (SSSR count). The maximum absolute atomic E-state index is 13.9. The van der Waals surface area contributed by atoms with Gasteiger partial charge in [-0.05, 0) is 56.8 Å². The predicted octanol–water partition coefficient (Wildman–Crippen LogP) is 7.61. The molecule has 2 saturated heterocycles. The second kappa shape index (κ2) is 15.9. The molecule has 5 aromatic rings. The van der Waals surface area contributed by atoms with E-state index in [9.17, 15) is 4.79 Å². The van der Waals surface area contributed by atoms with E-state index in [0.29, 0.717) is 5.56 Å². The highest BCUT2D eigenvalue weighted by Crippen LogP contribution is 2.49. The third-order valence-electron chi connectivity index (χ3n) is 11.4. The number of fused-ring (bicyclic) bond motifs is 1. The quantitative estimate of drug-likeness (QED) is 0.0951. The Morgan fingerprint density at radius 2 is 0.965 bits per heavy atom. The first kappa shape index (κ1) is 41.0. The second-order valence-electron chi connectivity index (χ2n) is 17.7. The van der Waals surface area contributed by atoms with Gasteiger partial charge in [0.1, 0.15) is 18.8 Å². The summed E-state index contributed by atoms with van der Waals surface area (Å²) in [6.45, 7) is 17.1. The van der Waals surface area contributed by atoms with Gasteiger partial charge in [-0.25, -0.2) is 4.79 Å². The normalized spacial score (nSPS) is 22.2. The number of carbonyl (C=O) groups is 1. The lowest BCUT2D eigenvalue weighted by molar-refractivity contribution is -0.249. The van der Waals surface area contributed by atoms with Gasteiger partial charge in [-0.2, -0.15) is 0 Å². The van der Waals surface area contributed by atoms with Gasteiger partial charge in [0.2, 0.25) is 0 Å². The Hall–Kier alpha value is -4.20. The number of benzene rings is 5. The number of hydrogen-bond acceptors (Lipinski definition) is 7. The second-order valence-corrected chi connectivity index (χ2v) is 26.3. The third kappa shape index (κ3) is 7.75. The Kier molecular flexibility index (Phi) is 11.4. The summed E-state index contributed by atoms with van der Waals surface area (Å²) in [5.74, 6) is -1.42. The van der Waals surface area contributed by atoms with Gasteiger partial charge in [-0.3, -0.25) is 0 Å². The molecule has 2 aliphatic heterocycles. The van der Waals surface area contributed by atoms with E-state index in [1.165, 1.54) is 0 Å². The van der Waals surface area contributed by atoms with E-state index < -0.39 is 52.5 Å². The van der Waals surface area contributed by atoms with Gasteiger partial charge in [-0.1, -0.05) is 181 Å². The Morgan fingerprint density at radius 3 is 1.39 bits per heavy atom. The van der Waals surface area contributed by atoms with E-state index in [-0.39, 0.29) is 23.3 Å². The van der Waals surface area contributed by atoms with Crippen LogP contribution in [-0.2, 0) is 27.8 Å². The molecule has 5 aromatic carbocycles. The van der Waals surface area contributed by atoms with E-state index >= 15 is 0 Å². The predicted molar refractivity (Wildman–Crippen MR) is 230 cm³/mol. The molecule has 0 saturated carbocycles. The van der Waals surface area contributed by atoms with Crippen LogP contribution >= 0.6 is 0 Å². The van der Waals surface area contributed by atoms with Crippen LogP contribution in [0.2, 0.25) is 10.1 Å². The van der Waals surface area contributed by atoms with Crippen molar-refractivity contribution >= 4 is 43.4 Å². The minimum Gasteiger partial charge on any atom is -0.459 e. The van der Waals surface area contributed by atoms with Crippen LogP contribution < -0.4 is 20.7 Å². The number of hydrogen-bond donors (Lipinski definition) is 0. The van der Waals surface area contributed by atoms with Crippen molar-refractivity contribution in [2.75, 3.05) is 13.2 Å². The molecule has 0 amide bonds. The molecule has 2 fully saturated rings. The smallest absolute Gasteiger partial charge is 0.338 e. The van der Waals surface area contributed by atoms with Gasteiger partial charge in [0.15, 0.2) is 17.7 Å². The lowest BCUT2D eigenvalue weighted by atomic mass is 9.97. The van der Waals surface area contributed by atoms with Crippen molar-refractivity contribution in [2.45, 2.75) is 95.4 Å². The lowest BCUT2D eigenvalue weighted by Gasteiger charge is -2.49. The Balaban J connectivity index is 1.43. The van der Waals surface area contributed by atoms with Crippen LogP contribution in [0, 0.1) is 0 Å². The van der Waals surface area contributed by atoms with Gasteiger partial charge in [0, 0.05) is 0 Å². The third-order valence-corrected chi connectivity index (χ3v) is 21.4. The number of ether oxygens (including phenoxy) is 4. The molecule has 0 bridgehead atoms. The molecular weight excluding hydrogens is 745 g/mol. The molecule has 57 heavy (non-hydrogen) atoms. The first-order valence-electron chi connectivity index (χ1n) is 19.9. The van der Waals surface area contributed by atoms with Crippen LogP contribution in [0.25, 0.3) is 0 Å². The molecular formula is C48H56O7Si2. The van der Waals surface area contributed by atoms with Crippen LogP contribution in [-0.4, -0.2) is 65.7 Å². The van der Waals surface area contributed by atoms with Crippen LogP contribution in [0.5, 0.6) is 0 Å². The van der Waals surface area contributed by atoms with Gasteiger partial charge in [0.25, 0.3) is 16.6 Å². The first-order chi connectivity index (χ1) is 27.1. The van der Waals surface area contributed by atoms with Gasteiger partial charge < -0.3 is 27.8 Å². The Morgan fingerprint density at radius 1 is 0.561 bits per heavy atom. The standard InChI is InChI=1S/C48H56O7Si2/c1-45(2,3)56(37-26-16-10-17-27-37,38-28-18-11-19-29-38)51-35-48(34-50-43(49)36-24-14-9-15-25-36)42(41-44(54-48)53-47(7,8)52-41)55-57(46(4,5)6,39-30-20-12-21-31-39)40-32-22-13-23-33-40/h9-33,41-42,44H,34-35H2,1-8H3/t41-,42-,44+,48-/m1/s1. The first-order valence-corrected chi connectivity index (χ1v) is 23.7. The molecule has 7 nitrogen and oxygen atoms in total. The summed E-state index contributed by atoms with van der Waals surface area (Å²) >= 11 is 0. The minimum absolute atomic E-state index is 0.0331. The van der Waals surface area contributed by atoms with E-state index in [1.807, 2.05) is 56.3 Å². The molecule has 0 radical (unpaired) electrons. The molecule has 0 spiro atoms. The molecule has 9 heteroatoms. The van der Waals surface area contributed by atoms with Crippen LogP contribution in [0.15, 0.2) is 152 Å². The molecule has 298 valence electrons. The van der Waals surface area contributed by atoms with Crippen LogP contribution in [0.4, 0.5) is 0 Å². The zero-order valence-electron chi connectivity index (χ0n) is 34.4. The molecule has 0 aromatic heterocycles. The van der Waals surface area contributed by atoms with Crippen molar-refractivity contribution in [1.82, 2.24) is 0 Å². The van der Waals surface area contributed by atoms with Crippen molar-refractivity contribution in [2.24, 2.45) is 0 Å². The molecule has 0 unspecified atom stereocenters. The summed E-state index contributed by atoms with van der Waals surface area (Å²) in [7, 11) is -6.42. The SMILES string of the molecule is CC1(C)O[C@H]2O[C@](COC(=O)c3ccccc3)(CO[Si](c3ccccc3)(c3ccccc3)C(C)(C)C)[C@H](O[Si](c3ccccc3)(c3ccccc3)C(C)(C)C)[C@H]2O1. The topological polar surface area (TPSA) is 72.5 Å². The monoisotopic (exact) mass is 800 g/mol. The molecule has 2 aliphatic rings.